The van der Waals surface area contributed by atoms with Gasteiger partial charge in [-0.1, -0.05) is 18.2 Å². The predicted molar refractivity (Wildman–Crippen MR) is 160 cm³/mol. The summed E-state index contributed by atoms with van der Waals surface area (Å²) in [4.78, 5) is 33.3. The van der Waals surface area contributed by atoms with E-state index in [4.69, 9.17) is 29.5 Å². The molecular formula is C31H29F2N7O5. The van der Waals surface area contributed by atoms with Gasteiger partial charge in [0.15, 0.2) is 17.4 Å². The molecule has 0 radical (unpaired) electrons. The minimum absolute atomic E-state index is 0.00204. The van der Waals surface area contributed by atoms with Crippen LogP contribution in [0.4, 0.5) is 20.3 Å². The average molecular weight is 618 g/mol. The molecule has 6 rings (SSSR count). The molecule has 0 saturated carbocycles. The first-order valence-corrected chi connectivity index (χ1v) is 14.0. The second kappa shape index (κ2) is 14.2. The Hall–Kier alpha value is -5.66. The second-order valence-electron chi connectivity index (χ2n) is 9.81. The maximum absolute atomic E-state index is 14.9. The topological polar surface area (TPSA) is 153 Å². The van der Waals surface area contributed by atoms with E-state index in [0.717, 1.165) is 5.69 Å². The lowest BCUT2D eigenvalue weighted by atomic mass is 10.1. The molecule has 1 atom stereocenters. The summed E-state index contributed by atoms with van der Waals surface area (Å²) in [7, 11) is 0. The van der Waals surface area contributed by atoms with E-state index in [1.165, 1.54) is 16.8 Å². The van der Waals surface area contributed by atoms with Crippen LogP contribution in [-0.2, 0) is 16.1 Å². The molecule has 2 aromatic carbocycles. The van der Waals surface area contributed by atoms with E-state index in [0.29, 0.717) is 47.6 Å². The third-order valence-electron chi connectivity index (χ3n) is 6.83. The van der Waals surface area contributed by atoms with Gasteiger partial charge in [0.2, 0.25) is 5.91 Å². The highest BCUT2D eigenvalue weighted by molar-refractivity contribution is 5.92. The first kappa shape index (κ1) is 30.8. The second-order valence-corrected chi connectivity index (χ2v) is 9.81. The summed E-state index contributed by atoms with van der Waals surface area (Å²) in [5.41, 5.74) is 1.68. The van der Waals surface area contributed by atoms with Gasteiger partial charge >= 0.3 is 0 Å². The summed E-state index contributed by atoms with van der Waals surface area (Å²) in [5.74, 6) is -0.257. The molecule has 14 heteroatoms. The van der Waals surface area contributed by atoms with Crippen LogP contribution in [0.3, 0.4) is 0 Å². The van der Waals surface area contributed by atoms with Gasteiger partial charge in [-0.15, -0.1) is 0 Å². The van der Waals surface area contributed by atoms with Gasteiger partial charge in [0.1, 0.15) is 29.7 Å². The molecule has 45 heavy (non-hydrogen) atoms. The lowest BCUT2D eigenvalue weighted by molar-refractivity contribution is -0.123. The number of nitrogens with one attached hydrogen (secondary N) is 2. The van der Waals surface area contributed by atoms with Crippen LogP contribution in [0.5, 0.6) is 11.5 Å². The van der Waals surface area contributed by atoms with Crippen molar-refractivity contribution in [3.63, 3.8) is 0 Å². The molecule has 0 unspecified atom stereocenters. The van der Waals surface area contributed by atoms with Crippen LogP contribution in [0.1, 0.15) is 25.3 Å². The number of fused-ring (bicyclic) bond motifs is 1. The molecule has 0 bridgehead atoms. The number of carbonyl (C=O) groups excluding carboxylic acids is 1. The van der Waals surface area contributed by atoms with Crippen LogP contribution in [0.2, 0.25) is 0 Å². The van der Waals surface area contributed by atoms with Gasteiger partial charge in [0.25, 0.3) is 6.47 Å². The zero-order valence-corrected chi connectivity index (χ0v) is 24.1. The largest absolute Gasteiger partial charge is 0.494 e. The molecule has 12 nitrogen and oxygen atoms in total. The molecule has 0 spiro atoms. The quantitative estimate of drug-likeness (QED) is 0.188. The van der Waals surface area contributed by atoms with E-state index in [1.807, 2.05) is 24.3 Å². The summed E-state index contributed by atoms with van der Waals surface area (Å²) >= 11 is 0. The van der Waals surface area contributed by atoms with Crippen LogP contribution >= 0.6 is 0 Å². The van der Waals surface area contributed by atoms with Gasteiger partial charge in [-0.05, 0) is 31.5 Å². The Morgan fingerprint density at radius 1 is 1.13 bits per heavy atom. The van der Waals surface area contributed by atoms with Crippen molar-refractivity contribution in [2.75, 3.05) is 18.5 Å². The Morgan fingerprint density at radius 2 is 1.87 bits per heavy atom. The van der Waals surface area contributed by atoms with Crippen LogP contribution in [0, 0.1) is 11.6 Å². The van der Waals surface area contributed by atoms with Crippen molar-refractivity contribution >= 4 is 34.8 Å². The molecule has 1 saturated heterocycles. The fourth-order valence-electron chi connectivity index (χ4n) is 4.79. The van der Waals surface area contributed by atoms with Crippen LogP contribution < -0.4 is 20.1 Å². The number of amides is 1. The smallest absolute Gasteiger partial charge is 0.290 e. The van der Waals surface area contributed by atoms with E-state index >= 15 is 0 Å². The third-order valence-corrected chi connectivity index (χ3v) is 6.83. The van der Waals surface area contributed by atoms with Crippen LogP contribution in [0.25, 0.3) is 22.4 Å². The minimum atomic E-state index is -0.723. The number of carbonyl (C=O) groups is 2. The molecule has 3 aromatic heterocycles. The molecular weight excluding hydrogens is 588 g/mol. The standard InChI is InChI=1S/C30H27F2N7O3.CH2O2/c1-2-41-20-13-23(31)22(24(32)14-20)16-39-25-6-4-3-5-21(25)28(38-39)30-34-15-26(42-17-19-7-8-27(40)35-19)29(37-30)36-18-9-11-33-12-10-18;2-1-3/h3-6,9-15,19H,2,7-8,16-17H2,1H3,(H,35,40)(H,33,34,36,37);1H,(H,2,3)/t19-;/m0./s1. The van der Waals surface area contributed by atoms with Crippen molar-refractivity contribution in [2.45, 2.75) is 32.4 Å². The number of aromatic nitrogens is 5. The highest BCUT2D eigenvalue weighted by atomic mass is 19.1. The van der Waals surface area contributed by atoms with E-state index in [-0.39, 0.29) is 48.7 Å². The molecule has 3 N–H and O–H groups in total. The van der Waals surface area contributed by atoms with Gasteiger partial charge in [-0.2, -0.15) is 5.10 Å². The van der Waals surface area contributed by atoms with E-state index in [9.17, 15) is 13.6 Å². The Morgan fingerprint density at radius 3 is 2.56 bits per heavy atom. The molecule has 1 amide bonds. The lowest BCUT2D eigenvalue weighted by Gasteiger charge is -2.15. The number of ether oxygens (including phenoxy) is 2. The number of para-hydroxylation sites is 1. The van der Waals surface area contributed by atoms with Crippen molar-refractivity contribution in [3.8, 4) is 23.0 Å². The molecule has 4 heterocycles. The van der Waals surface area contributed by atoms with Crippen molar-refractivity contribution in [1.82, 2.24) is 30.0 Å². The SMILES string of the molecule is CCOc1cc(F)c(Cn2nc(-c3ncc(OC[C@@H]4CCC(=O)N4)c(Nc4ccncc4)n3)c3ccccc32)c(F)c1.O=CO. The number of benzene rings is 2. The first-order valence-electron chi connectivity index (χ1n) is 14.0. The Kier molecular flexibility index (Phi) is 9.72. The van der Waals surface area contributed by atoms with Crippen molar-refractivity contribution in [2.24, 2.45) is 0 Å². The van der Waals surface area contributed by atoms with Gasteiger partial charge in [-0.25, -0.2) is 18.7 Å². The molecule has 1 fully saturated rings. The Balaban J connectivity index is 0.00000128. The Bertz CT molecular complexity index is 1780. The van der Waals surface area contributed by atoms with Crippen molar-refractivity contribution in [1.29, 1.82) is 0 Å². The zero-order valence-electron chi connectivity index (χ0n) is 24.1. The summed E-state index contributed by atoms with van der Waals surface area (Å²) < 4.78 is 42.7. The summed E-state index contributed by atoms with van der Waals surface area (Å²) in [6.45, 7) is 1.90. The summed E-state index contributed by atoms with van der Waals surface area (Å²) in [6, 6.07) is 13.2. The number of halogens is 2. The minimum Gasteiger partial charge on any atom is -0.494 e. The fraction of sp³-hybridized carbons (Fsp3) is 0.226. The maximum atomic E-state index is 14.9. The number of pyridine rings is 1. The van der Waals surface area contributed by atoms with Crippen molar-refractivity contribution in [3.05, 3.63) is 84.3 Å². The normalized spacial score (nSPS) is 13.9. The number of anilines is 2. The fourth-order valence-corrected chi connectivity index (χ4v) is 4.79. The highest BCUT2D eigenvalue weighted by Crippen LogP contribution is 2.32. The predicted octanol–water partition coefficient (Wildman–Crippen LogP) is 4.72. The van der Waals surface area contributed by atoms with Gasteiger partial charge in [0.05, 0.1) is 30.9 Å². The molecule has 232 valence electrons. The number of rotatable bonds is 10. The molecule has 5 aromatic rings. The molecule has 1 aliphatic rings. The maximum Gasteiger partial charge on any atom is 0.290 e. The van der Waals surface area contributed by atoms with Gasteiger partial charge in [-0.3, -0.25) is 19.3 Å². The average Bonchev–Trinajstić information content (AvgIpc) is 3.62. The Labute approximate surface area is 256 Å². The van der Waals surface area contributed by atoms with Crippen LogP contribution in [-0.4, -0.2) is 61.5 Å². The monoisotopic (exact) mass is 617 g/mol. The van der Waals surface area contributed by atoms with Gasteiger partial charge in [0, 0.05) is 47.6 Å². The summed E-state index contributed by atoms with van der Waals surface area (Å²) in [5, 5.41) is 18.4. The zero-order chi connectivity index (χ0) is 31.8. The van der Waals surface area contributed by atoms with Crippen molar-refractivity contribution < 1.29 is 33.0 Å². The van der Waals surface area contributed by atoms with Crippen LogP contribution in [0.15, 0.2) is 67.1 Å². The number of hydrogen-bond donors (Lipinski definition) is 3. The number of carboxylic acid groups (broad SMARTS) is 1. The lowest BCUT2D eigenvalue weighted by Crippen LogP contribution is -2.31. The number of hydrogen-bond acceptors (Lipinski definition) is 9. The summed E-state index contributed by atoms with van der Waals surface area (Å²) in [6.07, 6.45) is 5.98. The molecule has 1 aliphatic heterocycles. The van der Waals surface area contributed by atoms with E-state index in [2.05, 4.69) is 20.6 Å². The van der Waals surface area contributed by atoms with Gasteiger partial charge < -0.3 is 25.2 Å². The first-order chi connectivity index (χ1) is 21.9. The van der Waals surface area contributed by atoms with E-state index in [1.54, 1.807) is 37.6 Å². The number of nitrogens with zero attached hydrogens (tertiary/aromatic N) is 5. The third kappa shape index (κ3) is 7.29. The van der Waals surface area contributed by atoms with E-state index < -0.39 is 11.6 Å². The molecule has 0 aliphatic carbocycles. The highest BCUT2D eigenvalue weighted by Gasteiger charge is 2.23.